The van der Waals surface area contributed by atoms with E-state index in [0.717, 1.165) is 0 Å². The average molecular weight is 359 g/mol. The van der Waals surface area contributed by atoms with Crippen LogP contribution >= 0.6 is 11.8 Å². The number of aromatic nitrogens is 1. The Bertz CT molecular complexity index is 976. The standard InChI is InChI=1S/C15H6F5NO2S/c16-9-7(10(17)12(19)13(20)11(9)18)5-24-15-21-8-4-2-1-3-6(8)14(22)23-15/h1-4H,5H2. The van der Waals surface area contributed by atoms with Gasteiger partial charge < -0.3 is 4.42 Å². The van der Waals surface area contributed by atoms with Crippen molar-refractivity contribution in [3.8, 4) is 0 Å². The minimum absolute atomic E-state index is 0.207. The van der Waals surface area contributed by atoms with Crippen molar-refractivity contribution in [2.45, 2.75) is 11.0 Å². The molecule has 1 heterocycles. The zero-order valence-corrected chi connectivity index (χ0v) is 12.4. The molecule has 0 fully saturated rings. The number of hydrogen-bond acceptors (Lipinski definition) is 4. The molecule has 0 bridgehead atoms. The van der Waals surface area contributed by atoms with Crippen LogP contribution in [-0.4, -0.2) is 4.98 Å². The van der Waals surface area contributed by atoms with E-state index in [1.807, 2.05) is 0 Å². The maximum Gasteiger partial charge on any atom is 0.347 e. The number of halogens is 5. The fraction of sp³-hybridized carbons (Fsp3) is 0.0667. The second-order valence-corrected chi connectivity index (χ2v) is 5.55. The molecule has 0 saturated carbocycles. The van der Waals surface area contributed by atoms with Crippen LogP contribution in [0.25, 0.3) is 10.9 Å². The molecule has 0 saturated heterocycles. The second-order valence-electron chi connectivity index (χ2n) is 4.62. The van der Waals surface area contributed by atoms with E-state index in [4.69, 9.17) is 4.42 Å². The molecule has 2 aromatic carbocycles. The van der Waals surface area contributed by atoms with Gasteiger partial charge in [0.05, 0.1) is 10.9 Å². The van der Waals surface area contributed by atoms with Crippen LogP contribution in [0.2, 0.25) is 0 Å². The van der Waals surface area contributed by atoms with E-state index in [2.05, 4.69) is 4.98 Å². The second kappa shape index (κ2) is 6.23. The van der Waals surface area contributed by atoms with Gasteiger partial charge in [0.25, 0.3) is 5.22 Å². The number of fused-ring (bicyclic) bond motifs is 1. The quantitative estimate of drug-likeness (QED) is 0.305. The summed E-state index contributed by atoms with van der Waals surface area (Å²) in [6.45, 7) is 0. The first-order chi connectivity index (χ1) is 11.4. The van der Waals surface area contributed by atoms with E-state index in [-0.39, 0.29) is 16.1 Å². The number of para-hydroxylation sites is 1. The molecule has 0 spiro atoms. The molecule has 3 nitrogen and oxygen atoms in total. The molecule has 0 unspecified atom stereocenters. The summed E-state index contributed by atoms with van der Waals surface area (Å²) in [5.74, 6) is -10.8. The summed E-state index contributed by atoms with van der Waals surface area (Å²) < 4.78 is 71.3. The summed E-state index contributed by atoms with van der Waals surface area (Å²) in [4.78, 5) is 15.7. The van der Waals surface area contributed by atoms with E-state index < -0.39 is 46.0 Å². The Morgan fingerprint density at radius 3 is 2.17 bits per heavy atom. The molecule has 0 aliphatic rings. The third kappa shape index (κ3) is 2.75. The van der Waals surface area contributed by atoms with Crippen LogP contribution < -0.4 is 5.63 Å². The first kappa shape index (κ1) is 16.4. The topological polar surface area (TPSA) is 43.1 Å². The third-order valence-electron chi connectivity index (χ3n) is 3.16. The summed E-state index contributed by atoms with van der Waals surface area (Å²) in [5.41, 5.74) is -1.46. The summed E-state index contributed by atoms with van der Waals surface area (Å²) in [6, 6.07) is 6.22. The van der Waals surface area contributed by atoms with Crippen LogP contribution in [0, 0.1) is 29.1 Å². The Morgan fingerprint density at radius 2 is 1.50 bits per heavy atom. The Kier molecular flexibility index (Phi) is 4.27. The van der Waals surface area contributed by atoms with E-state index in [1.165, 1.54) is 12.1 Å². The van der Waals surface area contributed by atoms with E-state index in [9.17, 15) is 26.7 Å². The summed E-state index contributed by atoms with van der Waals surface area (Å²) in [5, 5.41) is -0.0410. The molecule has 1 aromatic heterocycles. The maximum absolute atomic E-state index is 13.6. The van der Waals surface area contributed by atoms with Gasteiger partial charge in [-0.05, 0) is 12.1 Å². The van der Waals surface area contributed by atoms with Crippen molar-refractivity contribution < 1.29 is 26.4 Å². The van der Waals surface area contributed by atoms with Gasteiger partial charge in [-0.15, -0.1) is 0 Å². The summed E-state index contributed by atoms with van der Waals surface area (Å²) in [6.07, 6.45) is 0. The van der Waals surface area contributed by atoms with Gasteiger partial charge in [0.2, 0.25) is 5.82 Å². The van der Waals surface area contributed by atoms with Crippen LogP contribution in [0.15, 0.2) is 38.7 Å². The monoisotopic (exact) mass is 359 g/mol. The van der Waals surface area contributed by atoms with Crippen LogP contribution in [0.3, 0.4) is 0 Å². The number of nitrogens with zero attached hydrogens (tertiary/aromatic N) is 1. The largest absolute Gasteiger partial charge is 0.397 e. The average Bonchev–Trinajstić information content (AvgIpc) is 2.58. The van der Waals surface area contributed by atoms with Crippen LogP contribution in [-0.2, 0) is 5.75 Å². The number of thioether (sulfide) groups is 1. The minimum atomic E-state index is -2.23. The summed E-state index contributed by atoms with van der Waals surface area (Å²) in [7, 11) is 0. The Hall–Kier alpha value is -2.42. The molecule has 0 amide bonds. The van der Waals surface area contributed by atoms with Gasteiger partial charge in [-0.3, -0.25) is 0 Å². The van der Waals surface area contributed by atoms with Crippen molar-refractivity contribution in [3.05, 3.63) is 69.3 Å². The van der Waals surface area contributed by atoms with Crippen molar-refractivity contribution in [2.24, 2.45) is 0 Å². The van der Waals surface area contributed by atoms with Crippen LogP contribution in [0.1, 0.15) is 5.56 Å². The number of hydrogen-bond donors (Lipinski definition) is 0. The van der Waals surface area contributed by atoms with Crippen LogP contribution in [0.4, 0.5) is 22.0 Å². The highest BCUT2D eigenvalue weighted by molar-refractivity contribution is 7.98. The zero-order chi connectivity index (χ0) is 17.4. The lowest BCUT2D eigenvalue weighted by molar-refractivity contribution is 0.372. The van der Waals surface area contributed by atoms with Gasteiger partial charge in [-0.1, -0.05) is 23.9 Å². The molecule has 124 valence electrons. The van der Waals surface area contributed by atoms with Gasteiger partial charge in [0, 0.05) is 11.3 Å². The predicted molar refractivity (Wildman–Crippen MR) is 76.1 cm³/mol. The first-order valence-electron chi connectivity index (χ1n) is 6.43. The molecule has 3 rings (SSSR count). The lowest BCUT2D eigenvalue weighted by Gasteiger charge is -2.07. The fourth-order valence-electron chi connectivity index (χ4n) is 1.97. The normalized spacial score (nSPS) is 11.2. The Labute approximate surface area is 135 Å². The summed E-state index contributed by atoms with van der Waals surface area (Å²) >= 11 is 0.541. The van der Waals surface area contributed by atoms with Crippen molar-refractivity contribution >= 4 is 22.7 Å². The van der Waals surface area contributed by atoms with Gasteiger partial charge >= 0.3 is 5.63 Å². The molecule has 0 aliphatic carbocycles. The van der Waals surface area contributed by atoms with Gasteiger partial charge in [0.1, 0.15) is 0 Å². The molecule has 0 aliphatic heterocycles. The van der Waals surface area contributed by atoms with Gasteiger partial charge in [-0.2, -0.15) is 0 Å². The SMILES string of the molecule is O=c1oc(SCc2c(F)c(F)c(F)c(F)c2F)nc2ccccc12. The van der Waals surface area contributed by atoms with E-state index >= 15 is 0 Å². The molecule has 0 atom stereocenters. The van der Waals surface area contributed by atoms with E-state index in [0.29, 0.717) is 11.8 Å². The lowest BCUT2D eigenvalue weighted by Crippen LogP contribution is -2.07. The van der Waals surface area contributed by atoms with Gasteiger partial charge in [0.15, 0.2) is 23.3 Å². The Morgan fingerprint density at radius 1 is 0.917 bits per heavy atom. The van der Waals surface area contributed by atoms with E-state index in [1.54, 1.807) is 12.1 Å². The number of rotatable bonds is 3. The molecular weight excluding hydrogens is 353 g/mol. The smallest absolute Gasteiger partial charge is 0.347 e. The number of benzene rings is 2. The van der Waals surface area contributed by atoms with Crippen LogP contribution in [0.5, 0.6) is 0 Å². The zero-order valence-electron chi connectivity index (χ0n) is 11.6. The highest BCUT2D eigenvalue weighted by Crippen LogP contribution is 2.29. The molecule has 0 radical (unpaired) electrons. The fourth-order valence-corrected chi connectivity index (χ4v) is 2.79. The van der Waals surface area contributed by atoms with Crippen molar-refractivity contribution in [1.82, 2.24) is 4.98 Å². The Balaban J connectivity index is 1.96. The molecule has 9 heteroatoms. The first-order valence-corrected chi connectivity index (χ1v) is 7.41. The molecule has 0 N–H and O–H groups in total. The molecule has 3 aromatic rings. The highest BCUT2D eigenvalue weighted by atomic mass is 32.2. The molecule has 24 heavy (non-hydrogen) atoms. The lowest BCUT2D eigenvalue weighted by atomic mass is 10.2. The molecular formula is C15H6F5NO2S. The minimum Gasteiger partial charge on any atom is -0.397 e. The van der Waals surface area contributed by atoms with Crippen molar-refractivity contribution in [3.63, 3.8) is 0 Å². The third-order valence-corrected chi connectivity index (χ3v) is 4.01. The van der Waals surface area contributed by atoms with Crippen molar-refractivity contribution in [1.29, 1.82) is 0 Å². The maximum atomic E-state index is 13.6. The highest BCUT2D eigenvalue weighted by Gasteiger charge is 2.25. The van der Waals surface area contributed by atoms with Gasteiger partial charge in [-0.25, -0.2) is 31.7 Å². The predicted octanol–water partition coefficient (Wildman–Crippen LogP) is 4.18. The van der Waals surface area contributed by atoms with Crippen molar-refractivity contribution in [2.75, 3.05) is 0 Å².